The van der Waals surface area contributed by atoms with E-state index in [0.29, 0.717) is 21.3 Å². The van der Waals surface area contributed by atoms with Crippen molar-refractivity contribution < 1.29 is 18.0 Å². The topological polar surface area (TPSA) is 86.8 Å². The van der Waals surface area contributed by atoms with Crippen molar-refractivity contribution in [2.45, 2.75) is 31.3 Å². The van der Waals surface area contributed by atoms with E-state index in [0.717, 1.165) is 9.87 Å². The predicted molar refractivity (Wildman–Crippen MR) is 143 cm³/mol. The molecule has 1 atom stereocenters. The molecule has 3 aromatic rings. The first-order chi connectivity index (χ1) is 17.0. The van der Waals surface area contributed by atoms with Crippen molar-refractivity contribution >= 4 is 50.7 Å². The normalized spacial score (nSPS) is 12.0. The minimum atomic E-state index is -4.14. The van der Waals surface area contributed by atoms with Gasteiger partial charge >= 0.3 is 0 Å². The van der Waals surface area contributed by atoms with Gasteiger partial charge in [0.05, 0.1) is 10.6 Å². The maximum absolute atomic E-state index is 13.7. The molecule has 0 aliphatic rings. The van der Waals surface area contributed by atoms with Gasteiger partial charge in [-0.2, -0.15) is 0 Å². The number of benzene rings is 3. The van der Waals surface area contributed by atoms with Crippen LogP contribution in [0.1, 0.15) is 18.1 Å². The minimum absolute atomic E-state index is 0.0129. The van der Waals surface area contributed by atoms with Gasteiger partial charge in [0.2, 0.25) is 11.8 Å². The number of nitrogens with zero attached hydrogens (tertiary/aromatic N) is 2. The van der Waals surface area contributed by atoms with Gasteiger partial charge in [-0.25, -0.2) is 8.42 Å². The highest BCUT2D eigenvalue weighted by Crippen LogP contribution is 2.26. The van der Waals surface area contributed by atoms with E-state index in [-0.39, 0.29) is 17.3 Å². The number of sulfonamides is 1. The molecule has 0 aliphatic carbocycles. The number of halogens is 2. The van der Waals surface area contributed by atoms with E-state index in [1.165, 1.54) is 36.2 Å². The molecule has 0 unspecified atom stereocenters. The first-order valence-corrected chi connectivity index (χ1v) is 13.3. The summed E-state index contributed by atoms with van der Waals surface area (Å²) in [5.41, 5.74) is 1.96. The predicted octanol–water partition coefficient (Wildman–Crippen LogP) is 4.66. The average Bonchev–Trinajstić information content (AvgIpc) is 2.85. The molecule has 0 saturated heterocycles. The van der Waals surface area contributed by atoms with Crippen molar-refractivity contribution in [1.29, 1.82) is 0 Å². The molecule has 0 heterocycles. The van der Waals surface area contributed by atoms with Gasteiger partial charge in [-0.05, 0) is 67.9 Å². The fraction of sp³-hybridized carbons (Fsp3) is 0.231. The van der Waals surface area contributed by atoms with Crippen molar-refractivity contribution in [3.8, 4) is 0 Å². The smallest absolute Gasteiger partial charge is 0.264 e. The standard InChI is InChI=1S/C26H27Cl2N3O4S/c1-18-7-11-23(12-8-18)31(36(34,35)24-13-9-21(27)10-14-24)17-25(32)30(19(2)26(33)29-3)16-20-5-4-6-22(28)15-20/h4-15,19H,16-17H2,1-3H3,(H,29,33)/t19-/m1/s1. The molecule has 10 heteroatoms. The van der Waals surface area contributed by atoms with Gasteiger partial charge in [-0.15, -0.1) is 0 Å². The second-order valence-electron chi connectivity index (χ2n) is 8.24. The Hall–Kier alpha value is -3.07. The van der Waals surface area contributed by atoms with Crippen LogP contribution in [0.25, 0.3) is 0 Å². The highest BCUT2D eigenvalue weighted by molar-refractivity contribution is 7.92. The summed E-state index contributed by atoms with van der Waals surface area (Å²) in [7, 11) is -2.66. The highest BCUT2D eigenvalue weighted by atomic mass is 35.5. The molecule has 0 aromatic heterocycles. The SMILES string of the molecule is CNC(=O)[C@@H](C)N(Cc1cccc(Cl)c1)C(=O)CN(c1ccc(C)cc1)S(=O)(=O)c1ccc(Cl)cc1. The Labute approximate surface area is 221 Å². The molecular weight excluding hydrogens is 521 g/mol. The molecule has 2 amide bonds. The Morgan fingerprint density at radius 3 is 2.17 bits per heavy atom. The summed E-state index contributed by atoms with van der Waals surface area (Å²) >= 11 is 12.1. The van der Waals surface area contributed by atoms with Crippen LogP contribution < -0.4 is 9.62 Å². The molecule has 0 aliphatic heterocycles. The molecule has 0 saturated carbocycles. The van der Waals surface area contributed by atoms with Crippen LogP contribution in [0.4, 0.5) is 5.69 Å². The highest BCUT2D eigenvalue weighted by Gasteiger charge is 2.32. The van der Waals surface area contributed by atoms with E-state index in [1.54, 1.807) is 55.5 Å². The Morgan fingerprint density at radius 2 is 1.58 bits per heavy atom. The summed E-state index contributed by atoms with van der Waals surface area (Å²) in [4.78, 5) is 27.5. The Kier molecular flexibility index (Phi) is 9.00. The number of amides is 2. The quantitative estimate of drug-likeness (QED) is 0.422. The third-order valence-electron chi connectivity index (χ3n) is 5.66. The van der Waals surface area contributed by atoms with Gasteiger partial charge in [0.15, 0.2) is 0 Å². The van der Waals surface area contributed by atoms with E-state index >= 15 is 0 Å². The zero-order valence-electron chi connectivity index (χ0n) is 20.1. The Morgan fingerprint density at radius 1 is 0.944 bits per heavy atom. The van der Waals surface area contributed by atoms with Crippen LogP contribution in [0.2, 0.25) is 10.0 Å². The fourth-order valence-electron chi connectivity index (χ4n) is 3.60. The number of anilines is 1. The number of carbonyl (C=O) groups excluding carboxylic acids is 2. The first-order valence-electron chi connectivity index (χ1n) is 11.1. The monoisotopic (exact) mass is 547 g/mol. The number of rotatable bonds is 9. The van der Waals surface area contributed by atoms with Crippen LogP contribution in [0.3, 0.4) is 0 Å². The Balaban J connectivity index is 2.02. The van der Waals surface area contributed by atoms with E-state index in [9.17, 15) is 18.0 Å². The third-order valence-corrected chi connectivity index (χ3v) is 7.93. The lowest BCUT2D eigenvalue weighted by molar-refractivity contribution is -0.139. The number of hydrogen-bond donors (Lipinski definition) is 1. The van der Waals surface area contributed by atoms with Crippen LogP contribution in [0, 0.1) is 6.92 Å². The zero-order valence-corrected chi connectivity index (χ0v) is 22.4. The van der Waals surface area contributed by atoms with Gasteiger partial charge in [0.25, 0.3) is 10.0 Å². The molecule has 1 N–H and O–H groups in total. The van der Waals surface area contributed by atoms with E-state index in [2.05, 4.69) is 5.32 Å². The van der Waals surface area contributed by atoms with Crippen molar-refractivity contribution in [2.24, 2.45) is 0 Å². The number of likely N-dealkylation sites (N-methyl/N-ethyl adjacent to an activating group) is 1. The van der Waals surface area contributed by atoms with E-state index in [1.807, 2.05) is 6.92 Å². The van der Waals surface area contributed by atoms with Gasteiger partial charge in [0, 0.05) is 23.6 Å². The maximum Gasteiger partial charge on any atom is 0.264 e. The van der Waals surface area contributed by atoms with Gasteiger partial charge in [0.1, 0.15) is 12.6 Å². The molecule has 0 bridgehead atoms. The molecule has 3 rings (SSSR count). The second kappa shape index (κ2) is 11.8. The van der Waals surface area contributed by atoms with Crippen molar-refractivity contribution in [3.05, 3.63) is 94.0 Å². The van der Waals surface area contributed by atoms with E-state index in [4.69, 9.17) is 23.2 Å². The van der Waals surface area contributed by atoms with Gasteiger partial charge < -0.3 is 10.2 Å². The zero-order chi connectivity index (χ0) is 26.5. The lowest BCUT2D eigenvalue weighted by atomic mass is 10.1. The number of carbonyl (C=O) groups is 2. The van der Waals surface area contributed by atoms with Crippen molar-refractivity contribution in [1.82, 2.24) is 10.2 Å². The van der Waals surface area contributed by atoms with Crippen LogP contribution >= 0.6 is 23.2 Å². The fourth-order valence-corrected chi connectivity index (χ4v) is 5.35. The van der Waals surface area contributed by atoms with Crippen molar-refractivity contribution in [3.63, 3.8) is 0 Å². The molecule has 190 valence electrons. The number of aryl methyl sites for hydroxylation is 1. The molecule has 0 spiro atoms. The number of hydrogen-bond acceptors (Lipinski definition) is 4. The third kappa shape index (κ3) is 6.57. The summed E-state index contributed by atoms with van der Waals surface area (Å²) in [6, 6.07) is 18.6. The molecule has 3 aromatic carbocycles. The lowest BCUT2D eigenvalue weighted by Gasteiger charge is -2.31. The average molecular weight is 548 g/mol. The molecule has 7 nitrogen and oxygen atoms in total. The first kappa shape index (κ1) is 27.5. The van der Waals surface area contributed by atoms with Crippen LogP contribution in [-0.4, -0.2) is 44.8 Å². The molecule has 36 heavy (non-hydrogen) atoms. The summed E-state index contributed by atoms with van der Waals surface area (Å²) in [5, 5.41) is 3.42. The van der Waals surface area contributed by atoms with Gasteiger partial charge in [-0.1, -0.05) is 53.0 Å². The van der Waals surface area contributed by atoms with Crippen LogP contribution in [0.5, 0.6) is 0 Å². The maximum atomic E-state index is 13.7. The molecular formula is C26H27Cl2N3O4S. The largest absolute Gasteiger partial charge is 0.357 e. The lowest BCUT2D eigenvalue weighted by Crippen LogP contribution is -2.50. The minimum Gasteiger partial charge on any atom is -0.357 e. The summed E-state index contributed by atoms with van der Waals surface area (Å²) in [6.07, 6.45) is 0. The number of nitrogens with one attached hydrogen (secondary N) is 1. The summed E-state index contributed by atoms with van der Waals surface area (Å²) < 4.78 is 28.4. The second-order valence-corrected chi connectivity index (χ2v) is 11.0. The molecule has 0 fully saturated rings. The Bertz CT molecular complexity index is 1330. The molecule has 0 radical (unpaired) electrons. The van der Waals surface area contributed by atoms with E-state index < -0.39 is 28.5 Å². The van der Waals surface area contributed by atoms with Crippen LogP contribution in [-0.2, 0) is 26.2 Å². The summed E-state index contributed by atoms with van der Waals surface area (Å²) in [6.45, 7) is 3.02. The summed E-state index contributed by atoms with van der Waals surface area (Å²) in [5.74, 6) is -0.933. The van der Waals surface area contributed by atoms with Gasteiger partial charge in [-0.3, -0.25) is 13.9 Å². The van der Waals surface area contributed by atoms with Crippen molar-refractivity contribution in [2.75, 3.05) is 17.9 Å². The van der Waals surface area contributed by atoms with Crippen LogP contribution in [0.15, 0.2) is 77.7 Å².